The summed E-state index contributed by atoms with van der Waals surface area (Å²) in [6.45, 7) is 1.93. The molecule has 0 radical (unpaired) electrons. The van der Waals surface area contributed by atoms with Gasteiger partial charge in [0.2, 0.25) is 6.79 Å². The van der Waals surface area contributed by atoms with Crippen LogP contribution in [0.4, 0.5) is 0 Å². The topological polar surface area (TPSA) is 51.8 Å². The zero-order valence-electron chi connectivity index (χ0n) is 9.34. The van der Waals surface area contributed by atoms with Crippen LogP contribution in [0.1, 0.15) is 18.6 Å². The lowest BCUT2D eigenvalue weighted by Gasteiger charge is -2.11. The van der Waals surface area contributed by atoms with Crippen molar-refractivity contribution in [1.82, 2.24) is 0 Å². The van der Waals surface area contributed by atoms with Crippen LogP contribution in [-0.4, -0.2) is 11.9 Å². The first kappa shape index (κ1) is 10.2. The number of hydrogen-bond acceptors (Lipinski definition) is 4. The molecule has 1 aliphatic heterocycles. The molecule has 0 spiro atoms. The van der Waals surface area contributed by atoms with Gasteiger partial charge >= 0.3 is 0 Å². The third-order valence-electron chi connectivity index (χ3n) is 2.78. The van der Waals surface area contributed by atoms with Crippen LogP contribution in [0.3, 0.4) is 0 Å². The highest BCUT2D eigenvalue weighted by Crippen LogP contribution is 2.40. The van der Waals surface area contributed by atoms with E-state index in [9.17, 15) is 5.11 Å². The summed E-state index contributed by atoms with van der Waals surface area (Å²) >= 11 is 0. The molecule has 4 heteroatoms. The largest absolute Gasteiger partial charge is 0.464 e. The second-order valence-electron chi connectivity index (χ2n) is 3.95. The third-order valence-corrected chi connectivity index (χ3v) is 2.78. The second kappa shape index (κ2) is 3.82. The Balaban J connectivity index is 2.19. The second-order valence-corrected chi connectivity index (χ2v) is 3.95. The molecule has 88 valence electrons. The summed E-state index contributed by atoms with van der Waals surface area (Å²) in [4.78, 5) is 0. The smallest absolute Gasteiger partial charge is 0.231 e. The molecule has 1 aromatic carbocycles. The Morgan fingerprint density at radius 3 is 2.65 bits per heavy atom. The van der Waals surface area contributed by atoms with Gasteiger partial charge in [0.1, 0.15) is 5.76 Å². The van der Waals surface area contributed by atoms with E-state index in [0.29, 0.717) is 17.3 Å². The molecule has 0 amide bonds. The highest BCUT2D eigenvalue weighted by Gasteiger charge is 2.21. The van der Waals surface area contributed by atoms with Crippen LogP contribution in [0.25, 0.3) is 11.3 Å². The number of ether oxygens (including phenoxy) is 2. The number of rotatable bonds is 2. The quantitative estimate of drug-likeness (QED) is 0.864. The van der Waals surface area contributed by atoms with Crippen molar-refractivity contribution in [3.63, 3.8) is 0 Å². The van der Waals surface area contributed by atoms with Gasteiger partial charge in [-0.3, -0.25) is 0 Å². The van der Waals surface area contributed by atoms with Crippen LogP contribution in [0, 0.1) is 0 Å². The van der Waals surface area contributed by atoms with Crippen LogP contribution in [0.5, 0.6) is 11.5 Å². The van der Waals surface area contributed by atoms with E-state index in [-0.39, 0.29) is 6.79 Å². The van der Waals surface area contributed by atoms with Crippen LogP contribution in [-0.2, 0) is 0 Å². The van der Waals surface area contributed by atoms with E-state index in [2.05, 4.69) is 0 Å². The zero-order valence-corrected chi connectivity index (χ0v) is 9.34. The van der Waals surface area contributed by atoms with Gasteiger partial charge < -0.3 is 19.0 Å². The molecule has 1 unspecified atom stereocenters. The van der Waals surface area contributed by atoms with Crippen molar-refractivity contribution >= 4 is 0 Å². The minimum Gasteiger partial charge on any atom is -0.464 e. The Kier molecular flexibility index (Phi) is 2.30. The van der Waals surface area contributed by atoms with Crippen LogP contribution >= 0.6 is 0 Å². The fraction of sp³-hybridized carbons (Fsp3) is 0.231. The minimum atomic E-state index is -0.593. The van der Waals surface area contributed by atoms with E-state index in [1.165, 1.54) is 0 Å². The van der Waals surface area contributed by atoms with E-state index in [1.54, 1.807) is 19.3 Å². The summed E-state index contributed by atoms with van der Waals surface area (Å²) in [7, 11) is 0. The molecule has 1 N–H and O–H groups in total. The van der Waals surface area contributed by atoms with Crippen molar-refractivity contribution in [1.29, 1.82) is 0 Å². The lowest BCUT2D eigenvalue weighted by molar-refractivity contribution is 0.173. The number of aliphatic hydroxyl groups excluding tert-OH is 1. The molecule has 0 aliphatic carbocycles. The van der Waals surface area contributed by atoms with Gasteiger partial charge in [0.05, 0.1) is 12.4 Å². The lowest BCUT2D eigenvalue weighted by Crippen LogP contribution is -1.95. The first-order valence-electron chi connectivity index (χ1n) is 5.41. The highest BCUT2D eigenvalue weighted by molar-refractivity contribution is 5.68. The average Bonchev–Trinajstić information content (AvgIpc) is 2.98. The first-order chi connectivity index (χ1) is 8.25. The molecular weight excluding hydrogens is 220 g/mol. The Bertz CT molecular complexity index is 529. The molecule has 3 rings (SSSR count). The van der Waals surface area contributed by atoms with Gasteiger partial charge in [-0.05, 0) is 36.8 Å². The lowest BCUT2D eigenvalue weighted by atomic mass is 10.0. The number of hydrogen-bond donors (Lipinski definition) is 1. The molecule has 4 nitrogen and oxygen atoms in total. The number of aliphatic hydroxyl groups is 1. The fourth-order valence-electron chi connectivity index (χ4n) is 1.95. The van der Waals surface area contributed by atoms with Gasteiger partial charge in [0.15, 0.2) is 11.5 Å². The molecule has 1 aromatic heterocycles. The maximum atomic E-state index is 9.80. The van der Waals surface area contributed by atoms with E-state index < -0.39 is 6.10 Å². The van der Waals surface area contributed by atoms with Crippen LogP contribution in [0.2, 0.25) is 0 Å². The molecule has 0 fully saturated rings. The molecule has 0 bridgehead atoms. The van der Waals surface area contributed by atoms with Gasteiger partial charge in [-0.15, -0.1) is 0 Å². The number of benzene rings is 1. The van der Waals surface area contributed by atoms with Crippen LogP contribution in [0.15, 0.2) is 34.9 Å². The molecule has 1 atom stereocenters. The van der Waals surface area contributed by atoms with Gasteiger partial charge in [-0.2, -0.15) is 0 Å². The average molecular weight is 232 g/mol. The number of fused-ring (bicyclic) bond motifs is 1. The maximum Gasteiger partial charge on any atom is 0.231 e. The molecule has 2 aromatic rings. The fourth-order valence-corrected chi connectivity index (χ4v) is 1.95. The van der Waals surface area contributed by atoms with Crippen molar-refractivity contribution in [3.8, 4) is 22.8 Å². The van der Waals surface area contributed by atoms with Gasteiger partial charge in [-0.25, -0.2) is 0 Å². The van der Waals surface area contributed by atoms with Crippen molar-refractivity contribution in [3.05, 3.63) is 36.1 Å². The summed E-state index contributed by atoms with van der Waals surface area (Å²) in [5, 5.41) is 9.80. The Morgan fingerprint density at radius 1 is 1.24 bits per heavy atom. The molecule has 1 aliphatic rings. The van der Waals surface area contributed by atoms with Crippen LogP contribution < -0.4 is 9.47 Å². The SMILES string of the molecule is CC(O)c1cc2c(cc1-c1ccco1)OCO2. The predicted molar refractivity (Wildman–Crippen MR) is 60.9 cm³/mol. The predicted octanol–water partition coefficient (Wildman–Crippen LogP) is 2.73. The normalized spacial score (nSPS) is 14.9. The highest BCUT2D eigenvalue weighted by atomic mass is 16.7. The standard InChI is InChI=1S/C13H12O4/c1-8(14)9-5-12-13(17-7-16-12)6-10(9)11-3-2-4-15-11/h2-6,8,14H,7H2,1H3. The monoisotopic (exact) mass is 232 g/mol. The zero-order chi connectivity index (χ0) is 11.8. The Morgan fingerprint density at radius 2 is 2.00 bits per heavy atom. The number of furan rings is 1. The van der Waals surface area contributed by atoms with Crippen molar-refractivity contribution in [2.24, 2.45) is 0 Å². The molecule has 0 saturated carbocycles. The summed E-state index contributed by atoms with van der Waals surface area (Å²) in [5.41, 5.74) is 1.60. The summed E-state index contributed by atoms with van der Waals surface area (Å²) in [6, 6.07) is 7.29. The van der Waals surface area contributed by atoms with E-state index >= 15 is 0 Å². The van der Waals surface area contributed by atoms with Gasteiger partial charge in [0.25, 0.3) is 0 Å². The summed E-state index contributed by atoms with van der Waals surface area (Å²) in [5.74, 6) is 2.05. The molecule has 17 heavy (non-hydrogen) atoms. The molecule has 2 heterocycles. The Hall–Kier alpha value is -1.94. The third kappa shape index (κ3) is 1.66. The van der Waals surface area contributed by atoms with E-state index in [4.69, 9.17) is 13.9 Å². The van der Waals surface area contributed by atoms with Crippen molar-refractivity contribution in [2.45, 2.75) is 13.0 Å². The van der Waals surface area contributed by atoms with E-state index in [1.807, 2.05) is 18.2 Å². The molecule has 0 saturated heterocycles. The van der Waals surface area contributed by atoms with Gasteiger partial charge in [-0.1, -0.05) is 0 Å². The van der Waals surface area contributed by atoms with E-state index in [0.717, 1.165) is 11.1 Å². The van der Waals surface area contributed by atoms with Crippen molar-refractivity contribution in [2.75, 3.05) is 6.79 Å². The van der Waals surface area contributed by atoms with Gasteiger partial charge in [0, 0.05) is 5.56 Å². The summed E-state index contributed by atoms with van der Waals surface area (Å²) in [6.07, 6.45) is 1.01. The van der Waals surface area contributed by atoms with Crippen molar-refractivity contribution < 1.29 is 19.0 Å². The Labute approximate surface area is 98.4 Å². The summed E-state index contributed by atoms with van der Waals surface area (Å²) < 4.78 is 16.0. The molecular formula is C13H12O4. The first-order valence-corrected chi connectivity index (χ1v) is 5.41. The minimum absolute atomic E-state index is 0.218. The maximum absolute atomic E-state index is 9.80.